The zero-order valence-electron chi connectivity index (χ0n) is 15.3. The second-order valence-corrected chi connectivity index (χ2v) is 7.15. The number of carbonyl (C=O) groups excluding carboxylic acids is 1. The molecule has 1 aliphatic heterocycles. The van der Waals surface area contributed by atoms with Gasteiger partial charge in [-0.1, -0.05) is 17.7 Å². The first-order valence-corrected chi connectivity index (χ1v) is 9.69. The molecule has 1 unspecified atom stereocenters. The molecule has 28 heavy (non-hydrogen) atoms. The van der Waals surface area contributed by atoms with E-state index in [-0.39, 0.29) is 11.9 Å². The van der Waals surface area contributed by atoms with Crippen LogP contribution in [0.3, 0.4) is 0 Å². The molecule has 0 aliphatic carbocycles. The molecule has 0 spiro atoms. The molecule has 7 heteroatoms. The SMILES string of the molecule is O=C(CCc1ncc(-c2ccc(Cl)cc2)o1)N1CCNCC1c1cccnc1. The summed E-state index contributed by atoms with van der Waals surface area (Å²) in [6.07, 6.45) is 6.08. The van der Waals surface area contributed by atoms with Gasteiger partial charge in [-0.05, 0) is 35.9 Å². The van der Waals surface area contributed by atoms with Crippen molar-refractivity contribution in [3.63, 3.8) is 0 Å². The lowest BCUT2D eigenvalue weighted by atomic mass is 10.0. The predicted octanol–water partition coefficient (Wildman–Crippen LogP) is 3.50. The molecule has 1 aromatic carbocycles. The molecule has 1 saturated heterocycles. The van der Waals surface area contributed by atoms with Crippen molar-refractivity contribution in [3.8, 4) is 11.3 Å². The highest BCUT2D eigenvalue weighted by Gasteiger charge is 2.27. The van der Waals surface area contributed by atoms with E-state index in [9.17, 15) is 4.79 Å². The van der Waals surface area contributed by atoms with Crippen LogP contribution in [-0.4, -0.2) is 40.4 Å². The predicted molar refractivity (Wildman–Crippen MR) is 107 cm³/mol. The Hall–Kier alpha value is -2.70. The molecule has 3 heterocycles. The number of hydrogen-bond donors (Lipinski definition) is 1. The number of benzene rings is 1. The third-order valence-electron chi connectivity index (χ3n) is 4.87. The molecule has 1 fully saturated rings. The van der Waals surface area contributed by atoms with E-state index in [1.54, 1.807) is 12.4 Å². The maximum Gasteiger partial charge on any atom is 0.223 e. The second-order valence-electron chi connectivity index (χ2n) is 6.72. The van der Waals surface area contributed by atoms with E-state index in [1.165, 1.54) is 0 Å². The molecule has 1 N–H and O–H groups in total. The molecular formula is C21H21ClN4O2. The first-order chi connectivity index (χ1) is 13.7. The van der Waals surface area contributed by atoms with Crippen LogP contribution in [-0.2, 0) is 11.2 Å². The number of carbonyl (C=O) groups is 1. The van der Waals surface area contributed by atoms with E-state index in [4.69, 9.17) is 16.0 Å². The van der Waals surface area contributed by atoms with Crippen molar-refractivity contribution < 1.29 is 9.21 Å². The van der Waals surface area contributed by atoms with Gasteiger partial charge in [-0.3, -0.25) is 9.78 Å². The van der Waals surface area contributed by atoms with Crippen LogP contribution in [0.2, 0.25) is 5.02 Å². The molecule has 1 atom stereocenters. The summed E-state index contributed by atoms with van der Waals surface area (Å²) in [4.78, 5) is 23.3. The molecule has 1 amide bonds. The number of pyridine rings is 1. The first-order valence-electron chi connectivity index (χ1n) is 9.31. The summed E-state index contributed by atoms with van der Waals surface area (Å²) < 4.78 is 5.81. The molecule has 0 bridgehead atoms. The van der Waals surface area contributed by atoms with Gasteiger partial charge in [0, 0.05) is 55.5 Å². The van der Waals surface area contributed by atoms with Crippen LogP contribution in [0.15, 0.2) is 59.4 Å². The fourth-order valence-corrected chi connectivity index (χ4v) is 3.53. The zero-order valence-corrected chi connectivity index (χ0v) is 16.1. The van der Waals surface area contributed by atoms with Crippen molar-refractivity contribution >= 4 is 17.5 Å². The van der Waals surface area contributed by atoms with E-state index in [2.05, 4.69) is 15.3 Å². The van der Waals surface area contributed by atoms with Gasteiger partial charge in [-0.25, -0.2) is 4.98 Å². The number of nitrogens with zero attached hydrogens (tertiary/aromatic N) is 3. The first kappa shape index (κ1) is 18.7. The summed E-state index contributed by atoms with van der Waals surface area (Å²) in [5.74, 6) is 1.34. The van der Waals surface area contributed by atoms with Crippen LogP contribution in [0.5, 0.6) is 0 Å². The van der Waals surface area contributed by atoms with E-state index in [0.717, 1.165) is 24.2 Å². The molecule has 0 saturated carbocycles. The minimum Gasteiger partial charge on any atom is -0.441 e. The Morgan fingerprint density at radius 3 is 2.89 bits per heavy atom. The largest absolute Gasteiger partial charge is 0.441 e. The Labute approximate surface area is 168 Å². The highest BCUT2D eigenvalue weighted by atomic mass is 35.5. The standard InChI is InChI=1S/C21H21ClN4O2/c22-17-5-3-15(4-6-17)19-14-25-20(28-19)7-8-21(27)26-11-10-24-13-18(26)16-2-1-9-23-12-16/h1-6,9,12,14,18,24H,7-8,10-11,13H2. The smallest absolute Gasteiger partial charge is 0.223 e. The van der Waals surface area contributed by atoms with E-state index < -0.39 is 0 Å². The van der Waals surface area contributed by atoms with Crippen LogP contribution < -0.4 is 5.32 Å². The van der Waals surface area contributed by atoms with Crippen LogP contribution in [0.1, 0.15) is 23.9 Å². The van der Waals surface area contributed by atoms with Crippen molar-refractivity contribution in [2.75, 3.05) is 19.6 Å². The Bertz CT molecular complexity index is 927. The lowest BCUT2D eigenvalue weighted by Gasteiger charge is -2.36. The topological polar surface area (TPSA) is 71.3 Å². The average molecular weight is 397 g/mol. The van der Waals surface area contributed by atoms with Crippen LogP contribution in [0.25, 0.3) is 11.3 Å². The van der Waals surface area contributed by atoms with Gasteiger partial charge >= 0.3 is 0 Å². The quantitative estimate of drug-likeness (QED) is 0.714. The van der Waals surface area contributed by atoms with E-state index in [1.807, 2.05) is 47.5 Å². The van der Waals surface area contributed by atoms with Crippen molar-refractivity contribution in [3.05, 3.63) is 71.5 Å². The van der Waals surface area contributed by atoms with Crippen molar-refractivity contribution in [1.29, 1.82) is 0 Å². The number of oxazole rings is 1. The zero-order chi connectivity index (χ0) is 19.3. The Kier molecular flexibility index (Phi) is 5.69. The second kappa shape index (κ2) is 8.54. The molecule has 2 aromatic heterocycles. The maximum atomic E-state index is 12.9. The van der Waals surface area contributed by atoms with Gasteiger partial charge in [-0.15, -0.1) is 0 Å². The van der Waals surface area contributed by atoms with Crippen molar-refractivity contribution in [2.45, 2.75) is 18.9 Å². The minimum absolute atomic E-state index is 0.00383. The monoisotopic (exact) mass is 396 g/mol. The van der Waals surface area contributed by atoms with Crippen LogP contribution in [0.4, 0.5) is 0 Å². The van der Waals surface area contributed by atoms with Gasteiger partial charge in [0.25, 0.3) is 0 Å². The summed E-state index contributed by atoms with van der Waals surface area (Å²) >= 11 is 5.92. The minimum atomic E-state index is 0.00383. The van der Waals surface area contributed by atoms with Crippen molar-refractivity contribution in [1.82, 2.24) is 20.2 Å². The lowest BCUT2D eigenvalue weighted by molar-refractivity contribution is -0.134. The Balaban J connectivity index is 1.40. The van der Waals surface area contributed by atoms with Crippen molar-refractivity contribution in [2.24, 2.45) is 0 Å². The van der Waals surface area contributed by atoms with Crippen LogP contribution in [0, 0.1) is 0 Å². The normalized spacial score (nSPS) is 16.9. The number of nitrogens with one attached hydrogen (secondary N) is 1. The van der Waals surface area contributed by atoms with Gasteiger partial charge in [-0.2, -0.15) is 0 Å². The van der Waals surface area contributed by atoms with Gasteiger partial charge in [0.15, 0.2) is 11.7 Å². The van der Waals surface area contributed by atoms with E-state index in [0.29, 0.717) is 36.1 Å². The number of aromatic nitrogens is 2. The highest BCUT2D eigenvalue weighted by molar-refractivity contribution is 6.30. The number of hydrogen-bond acceptors (Lipinski definition) is 5. The average Bonchev–Trinajstić information content (AvgIpc) is 3.22. The summed E-state index contributed by atoms with van der Waals surface area (Å²) in [6, 6.07) is 11.3. The molecule has 0 radical (unpaired) electrons. The fourth-order valence-electron chi connectivity index (χ4n) is 3.40. The summed E-state index contributed by atoms with van der Waals surface area (Å²) in [6.45, 7) is 2.21. The third kappa shape index (κ3) is 4.24. The fraction of sp³-hybridized carbons (Fsp3) is 0.286. The number of aryl methyl sites for hydroxylation is 1. The molecular weight excluding hydrogens is 376 g/mol. The summed E-state index contributed by atoms with van der Waals surface area (Å²) in [5.41, 5.74) is 1.96. The van der Waals surface area contributed by atoms with Gasteiger partial charge < -0.3 is 14.6 Å². The molecule has 3 aromatic rings. The summed E-state index contributed by atoms with van der Waals surface area (Å²) in [5, 5.41) is 4.03. The molecule has 4 rings (SSSR count). The van der Waals surface area contributed by atoms with Gasteiger partial charge in [0.05, 0.1) is 12.2 Å². The maximum absolute atomic E-state index is 12.9. The number of amides is 1. The number of rotatable bonds is 5. The highest BCUT2D eigenvalue weighted by Crippen LogP contribution is 2.24. The number of halogens is 1. The molecule has 6 nitrogen and oxygen atoms in total. The van der Waals surface area contributed by atoms with Crippen LogP contribution >= 0.6 is 11.6 Å². The van der Waals surface area contributed by atoms with Gasteiger partial charge in [0.2, 0.25) is 5.91 Å². The Morgan fingerprint density at radius 2 is 2.11 bits per heavy atom. The molecule has 144 valence electrons. The third-order valence-corrected chi connectivity index (χ3v) is 5.12. The summed E-state index contributed by atoms with van der Waals surface area (Å²) in [7, 11) is 0. The number of piperazine rings is 1. The Morgan fingerprint density at radius 1 is 1.25 bits per heavy atom. The molecule has 1 aliphatic rings. The van der Waals surface area contributed by atoms with E-state index >= 15 is 0 Å². The van der Waals surface area contributed by atoms with Gasteiger partial charge in [0.1, 0.15) is 0 Å². The lowest BCUT2D eigenvalue weighted by Crippen LogP contribution is -2.48.